The number of nitrogens with one attached hydrogen (secondary N) is 1. The minimum absolute atomic E-state index is 0.207. The molecule has 0 aliphatic heterocycles. The van der Waals surface area contributed by atoms with E-state index in [1.54, 1.807) is 0 Å². The van der Waals surface area contributed by atoms with Gasteiger partial charge in [-0.2, -0.15) is 0 Å². The van der Waals surface area contributed by atoms with Gasteiger partial charge in [-0.1, -0.05) is 18.5 Å². The lowest BCUT2D eigenvalue weighted by Crippen LogP contribution is -2.39. The van der Waals surface area contributed by atoms with Gasteiger partial charge in [0.15, 0.2) is 0 Å². The average molecular weight is 286 g/mol. The summed E-state index contributed by atoms with van der Waals surface area (Å²) in [5.74, 6) is 0.831. The Morgan fingerprint density at radius 2 is 1.84 bits per heavy atom. The van der Waals surface area contributed by atoms with Gasteiger partial charge in [0.2, 0.25) is 0 Å². The summed E-state index contributed by atoms with van der Waals surface area (Å²) in [4.78, 5) is 0. The second kappa shape index (κ2) is 9.18. The molecule has 0 heterocycles. The predicted octanol–water partition coefficient (Wildman–Crippen LogP) is 3.51. The number of benzene rings is 1. The van der Waals surface area contributed by atoms with Crippen molar-refractivity contribution in [1.82, 2.24) is 5.32 Å². The Kier molecular flexibility index (Phi) is 7.87. The monoisotopic (exact) mass is 285 g/mol. The summed E-state index contributed by atoms with van der Waals surface area (Å²) in [6.07, 6.45) is 1.33. The molecule has 0 radical (unpaired) electrons. The van der Waals surface area contributed by atoms with Crippen molar-refractivity contribution >= 4 is 11.6 Å². The highest BCUT2D eigenvalue weighted by atomic mass is 35.5. The van der Waals surface area contributed by atoms with E-state index in [0.717, 1.165) is 23.7 Å². The first-order valence-corrected chi connectivity index (χ1v) is 7.23. The quantitative estimate of drug-likeness (QED) is 0.753. The molecule has 0 bridgehead atoms. The summed E-state index contributed by atoms with van der Waals surface area (Å²) in [5, 5.41) is 4.15. The molecule has 0 spiro atoms. The molecule has 0 aromatic heterocycles. The third-order valence-electron chi connectivity index (χ3n) is 2.58. The van der Waals surface area contributed by atoms with E-state index in [4.69, 9.17) is 21.1 Å². The van der Waals surface area contributed by atoms with E-state index < -0.39 is 0 Å². The zero-order valence-electron chi connectivity index (χ0n) is 12.0. The van der Waals surface area contributed by atoms with Crippen molar-refractivity contribution < 1.29 is 9.47 Å². The molecule has 19 heavy (non-hydrogen) atoms. The average Bonchev–Trinajstić information content (AvgIpc) is 2.39. The molecule has 0 fully saturated rings. The third kappa shape index (κ3) is 7.41. The molecule has 1 aromatic carbocycles. The molecule has 1 unspecified atom stereocenters. The molecule has 0 aliphatic rings. The fraction of sp³-hybridized carbons (Fsp3) is 0.600. The SMILES string of the molecule is CCCNC(COc1ccc(Cl)cc1)COC(C)C. The Morgan fingerprint density at radius 3 is 2.42 bits per heavy atom. The summed E-state index contributed by atoms with van der Waals surface area (Å²) in [6, 6.07) is 7.62. The number of halogens is 1. The summed E-state index contributed by atoms with van der Waals surface area (Å²) < 4.78 is 11.4. The van der Waals surface area contributed by atoms with Crippen LogP contribution in [0.5, 0.6) is 5.75 Å². The van der Waals surface area contributed by atoms with Crippen molar-refractivity contribution in [2.24, 2.45) is 0 Å². The van der Waals surface area contributed by atoms with Crippen molar-refractivity contribution in [1.29, 1.82) is 0 Å². The Bertz CT molecular complexity index is 341. The maximum Gasteiger partial charge on any atom is 0.119 e. The van der Waals surface area contributed by atoms with Crippen LogP contribution in [0.25, 0.3) is 0 Å². The molecule has 1 aromatic rings. The van der Waals surface area contributed by atoms with Crippen molar-refractivity contribution in [2.75, 3.05) is 19.8 Å². The highest BCUT2D eigenvalue weighted by Gasteiger charge is 2.10. The van der Waals surface area contributed by atoms with Crippen molar-refractivity contribution in [3.63, 3.8) is 0 Å². The fourth-order valence-electron chi connectivity index (χ4n) is 1.55. The van der Waals surface area contributed by atoms with Crippen LogP contribution in [0.3, 0.4) is 0 Å². The van der Waals surface area contributed by atoms with Gasteiger partial charge in [-0.05, 0) is 51.1 Å². The molecule has 0 saturated carbocycles. The van der Waals surface area contributed by atoms with Gasteiger partial charge in [0.05, 0.1) is 18.8 Å². The largest absolute Gasteiger partial charge is 0.492 e. The van der Waals surface area contributed by atoms with E-state index in [-0.39, 0.29) is 12.1 Å². The second-order valence-electron chi connectivity index (χ2n) is 4.80. The van der Waals surface area contributed by atoms with Crippen LogP contribution in [0, 0.1) is 0 Å². The zero-order chi connectivity index (χ0) is 14.1. The zero-order valence-corrected chi connectivity index (χ0v) is 12.7. The van der Waals surface area contributed by atoms with Gasteiger partial charge < -0.3 is 14.8 Å². The Balaban J connectivity index is 2.39. The van der Waals surface area contributed by atoms with Crippen LogP contribution >= 0.6 is 11.6 Å². The molecule has 0 aliphatic carbocycles. The molecule has 0 amide bonds. The molecular formula is C15H24ClNO2. The van der Waals surface area contributed by atoms with Gasteiger partial charge in [0, 0.05) is 5.02 Å². The molecule has 0 saturated heterocycles. The van der Waals surface area contributed by atoms with Crippen molar-refractivity contribution in [3.8, 4) is 5.75 Å². The number of hydrogen-bond acceptors (Lipinski definition) is 3. The van der Waals surface area contributed by atoms with Gasteiger partial charge in [-0.3, -0.25) is 0 Å². The van der Waals surface area contributed by atoms with Crippen LogP contribution < -0.4 is 10.1 Å². The smallest absolute Gasteiger partial charge is 0.119 e. The van der Waals surface area contributed by atoms with Gasteiger partial charge in [-0.15, -0.1) is 0 Å². The Morgan fingerprint density at radius 1 is 1.16 bits per heavy atom. The molecule has 1 rings (SSSR count). The lowest BCUT2D eigenvalue weighted by Gasteiger charge is -2.20. The Hall–Kier alpha value is -0.770. The summed E-state index contributed by atoms with van der Waals surface area (Å²) in [7, 11) is 0. The fourth-order valence-corrected chi connectivity index (χ4v) is 1.68. The molecule has 1 atom stereocenters. The van der Waals surface area contributed by atoms with E-state index in [9.17, 15) is 0 Å². The number of rotatable bonds is 9. The first-order chi connectivity index (χ1) is 9.11. The molecular weight excluding hydrogens is 262 g/mol. The van der Waals surface area contributed by atoms with Gasteiger partial charge >= 0.3 is 0 Å². The minimum atomic E-state index is 0.207. The van der Waals surface area contributed by atoms with Crippen LogP contribution in [-0.2, 0) is 4.74 Å². The van der Waals surface area contributed by atoms with E-state index in [1.807, 2.05) is 38.1 Å². The molecule has 4 heteroatoms. The van der Waals surface area contributed by atoms with E-state index in [1.165, 1.54) is 0 Å². The summed E-state index contributed by atoms with van der Waals surface area (Å²) in [5.41, 5.74) is 0. The maximum absolute atomic E-state index is 5.84. The van der Waals surface area contributed by atoms with Gasteiger partial charge in [0.25, 0.3) is 0 Å². The van der Waals surface area contributed by atoms with Crippen molar-refractivity contribution in [2.45, 2.75) is 39.3 Å². The van der Waals surface area contributed by atoms with Crippen LogP contribution in [0.15, 0.2) is 24.3 Å². The predicted molar refractivity (Wildman–Crippen MR) is 80.1 cm³/mol. The first-order valence-electron chi connectivity index (χ1n) is 6.85. The maximum atomic E-state index is 5.84. The lowest BCUT2D eigenvalue weighted by molar-refractivity contribution is 0.0502. The highest BCUT2D eigenvalue weighted by Crippen LogP contribution is 2.15. The van der Waals surface area contributed by atoms with Crippen molar-refractivity contribution in [3.05, 3.63) is 29.3 Å². The topological polar surface area (TPSA) is 30.5 Å². The number of hydrogen-bond donors (Lipinski definition) is 1. The van der Waals surface area contributed by atoms with Gasteiger partial charge in [0.1, 0.15) is 12.4 Å². The standard InChI is InChI=1S/C15H24ClNO2/c1-4-9-17-14(10-18-12(2)3)11-19-15-7-5-13(16)6-8-15/h5-8,12,14,17H,4,9-11H2,1-3H3. The van der Waals surface area contributed by atoms with Crippen LogP contribution in [0.4, 0.5) is 0 Å². The van der Waals surface area contributed by atoms with Crippen LogP contribution in [-0.4, -0.2) is 31.9 Å². The molecule has 1 N–H and O–H groups in total. The molecule has 108 valence electrons. The van der Waals surface area contributed by atoms with E-state index >= 15 is 0 Å². The number of ether oxygens (including phenoxy) is 2. The lowest BCUT2D eigenvalue weighted by atomic mass is 10.3. The van der Waals surface area contributed by atoms with Crippen LogP contribution in [0.2, 0.25) is 5.02 Å². The van der Waals surface area contributed by atoms with Gasteiger partial charge in [-0.25, -0.2) is 0 Å². The minimum Gasteiger partial charge on any atom is -0.492 e. The Labute approximate surface area is 121 Å². The third-order valence-corrected chi connectivity index (χ3v) is 2.83. The summed E-state index contributed by atoms with van der Waals surface area (Å²) in [6.45, 7) is 8.44. The summed E-state index contributed by atoms with van der Waals surface area (Å²) >= 11 is 5.84. The van der Waals surface area contributed by atoms with E-state index in [2.05, 4.69) is 12.2 Å². The van der Waals surface area contributed by atoms with Crippen LogP contribution in [0.1, 0.15) is 27.2 Å². The second-order valence-corrected chi connectivity index (χ2v) is 5.23. The highest BCUT2D eigenvalue weighted by molar-refractivity contribution is 6.30. The first kappa shape index (κ1) is 16.3. The normalized spacial score (nSPS) is 12.7. The molecule has 3 nitrogen and oxygen atoms in total. The van der Waals surface area contributed by atoms with E-state index in [0.29, 0.717) is 13.2 Å².